The molecule has 34 heavy (non-hydrogen) atoms. The van der Waals surface area contributed by atoms with Gasteiger partial charge >= 0.3 is 0 Å². The summed E-state index contributed by atoms with van der Waals surface area (Å²) in [5.41, 5.74) is 2.66. The Morgan fingerprint density at radius 2 is 1.71 bits per heavy atom. The number of hydrogen-bond acceptors (Lipinski definition) is 8. The third kappa shape index (κ3) is 4.80. The highest BCUT2D eigenvalue weighted by Crippen LogP contribution is 2.30. The van der Waals surface area contributed by atoms with Crippen molar-refractivity contribution in [2.75, 3.05) is 6.61 Å². The molecule has 8 nitrogen and oxygen atoms in total. The minimum absolute atomic E-state index is 0.437. The first-order chi connectivity index (χ1) is 16.7. The summed E-state index contributed by atoms with van der Waals surface area (Å²) in [6.45, 7) is 2.57. The molecule has 0 aliphatic heterocycles. The molecule has 0 saturated carbocycles. The molecule has 0 unspecified atom stereocenters. The van der Waals surface area contributed by atoms with Crippen LogP contribution in [-0.4, -0.2) is 36.5 Å². The Morgan fingerprint density at radius 3 is 2.44 bits per heavy atom. The van der Waals surface area contributed by atoms with E-state index in [4.69, 9.17) is 20.9 Å². The normalized spacial score (nSPS) is 11.0. The van der Waals surface area contributed by atoms with Crippen LogP contribution in [0.1, 0.15) is 12.8 Å². The fourth-order valence-corrected chi connectivity index (χ4v) is 4.21. The maximum Gasteiger partial charge on any atom is 0.237 e. The molecule has 3 heterocycles. The lowest BCUT2D eigenvalue weighted by molar-refractivity contribution is 0.340. The molecule has 0 aliphatic rings. The van der Waals surface area contributed by atoms with Gasteiger partial charge in [-0.05, 0) is 67.6 Å². The molecule has 2 aromatic carbocycles. The zero-order valence-electron chi connectivity index (χ0n) is 18.1. The number of ether oxygens (including phenoxy) is 1. The predicted molar refractivity (Wildman–Crippen MR) is 130 cm³/mol. The molecule has 0 aliphatic carbocycles. The predicted octanol–water partition coefficient (Wildman–Crippen LogP) is 5.72. The lowest BCUT2D eigenvalue weighted by atomic mass is 10.2. The average molecular weight is 491 g/mol. The summed E-state index contributed by atoms with van der Waals surface area (Å²) >= 11 is 7.43. The Balaban J connectivity index is 1.42. The van der Waals surface area contributed by atoms with E-state index in [0.29, 0.717) is 40.1 Å². The molecule has 0 bridgehead atoms. The van der Waals surface area contributed by atoms with Crippen molar-refractivity contribution < 1.29 is 9.26 Å². The third-order valence-electron chi connectivity index (χ3n) is 4.87. The van der Waals surface area contributed by atoms with Crippen molar-refractivity contribution >= 4 is 23.4 Å². The van der Waals surface area contributed by atoms with Crippen LogP contribution in [0.5, 0.6) is 5.75 Å². The van der Waals surface area contributed by atoms with Crippen LogP contribution in [0.2, 0.25) is 5.02 Å². The van der Waals surface area contributed by atoms with Gasteiger partial charge in [-0.15, -0.1) is 10.2 Å². The molecule has 5 aromatic rings. The maximum absolute atomic E-state index is 5.96. The Morgan fingerprint density at radius 1 is 0.941 bits per heavy atom. The quantitative estimate of drug-likeness (QED) is 0.255. The Labute approximate surface area is 205 Å². The number of nitrogens with zero attached hydrogens (tertiary/aromatic N) is 6. The maximum atomic E-state index is 5.96. The third-order valence-corrected chi connectivity index (χ3v) is 6.04. The summed E-state index contributed by atoms with van der Waals surface area (Å²) in [6.07, 6.45) is 3.46. The van der Waals surface area contributed by atoms with Gasteiger partial charge in [0.1, 0.15) is 5.75 Å². The highest BCUT2D eigenvalue weighted by molar-refractivity contribution is 7.98. The molecular formula is C24H19ClN6O2S. The highest BCUT2D eigenvalue weighted by Gasteiger charge is 2.18. The molecule has 0 saturated heterocycles. The van der Waals surface area contributed by atoms with Gasteiger partial charge in [-0.25, -0.2) is 0 Å². The number of halogens is 1. The van der Waals surface area contributed by atoms with Crippen LogP contribution in [0.25, 0.3) is 28.5 Å². The molecule has 0 atom stereocenters. The average Bonchev–Trinajstić information content (AvgIpc) is 3.52. The van der Waals surface area contributed by atoms with Gasteiger partial charge in [-0.1, -0.05) is 28.5 Å². The Kier molecular flexibility index (Phi) is 6.55. The van der Waals surface area contributed by atoms with Crippen LogP contribution in [0, 0.1) is 0 Å². The van der Waals surface area contributed by atoms with Gasteiger partial charge in [-0.3, -0.25) is 9.55 Å². The monoisotopic (exact) mass is 490 g/mol. The molecule has 10 heteroatoms. The van der Waals surface area contributed by atoms with Crippen molar-refractivity contribution in [2.24, 2.45) is 0 Å². The summed E-state index contributed by atoms with van der Waals surface area (Å²) in [4.78, 5) is 8.61. The van der Waals surface area contributed by atoms with Crippen LogP contribution >= 0.6 is 23.4 Å². The molecule has 3 aromatic heterocycles. The molecular weight excluding hydrogens is 472 g/mol. The molecule has 0 fully saturated rings. The standard InChI is InChI=1S/C24H19ClN6O2S/c1-2-32-20-9-7-19(8-10-20)31-23(17-11-13-26-14-12-17)28-29-24(31)34-15-21-27-22(30-33-21)16-3-5-18(25)6-4-16/h3-14H,2,15H2,1H3. The number of benzene rings is 2. The second-order valence-corrected chi connectivity index (χ2v) is 8.49. The van der Waals surface area contributed by atoms with Crippen molar-refractivity contribution in [3.63, 3.8) is 0 Å². The number of hydrogen-bond donors (Lipinski definition) is 0. The number of thioether (sulfide) groups is 1. The molecule has 0 radical (unpaired) electrons. The largest absolute Gasteiger partial charge is 0.494 e. The summed E-state index contributed by atoms with van der Waals surface area (Å²) in [5.74, 6) is 2.95. The highest BCUT2D eigenvalue weighted by atomic mass is 35.5. The summed E-state index contributed by atoms with van der Waals surface area (Å²) in [5, 5.41) is 14.3. The van der Waals surface area contributed by atoms with Crippen molar-refractivity contribution in [1.29, 1.82) is 0 Å². The Bertz CT molecular complexity index is 1370. The second-order valence-electron chi connectivity index (χ2n) is 7.11. The van der Waals surface area contributed by atoms with Crippen molar-refractivity contribution in [3.05, 3.63) is 84.0 Å². The van der Waals surface area contributed by atoms with Gasteiger partial charge in [0, 0.05) is 34.2 Å². The second kappa shape index (κ2) is 10.1. The number of rotatable bonds is 8. The van der Waals surface area contributed by atoms with Crippen LogP contribution in [0.15, 0.2) is 82.7 Å². The summed E-state index contributed by atoms with van der Waals surface area (Å²) in [7, 11) is 0. The topological polar surface area (TPSA) is 91.8 Å². The van der Waals surface area contributed by atoms with Gasteiger partial charge in [-0.2, -0.15) is 4.98 Å². The molecule has 0 N–H and O–H groups in total. The fraction of sp³-hybridized carbons (Fsp3) is 0.125. The molecule has 5 rings (SSSR count). The van der Waals surface area contributed by atoms with Gasteiger partial charge < -0.3 is 9.26 Å². The first-order valence-corrected chi connectivity index (χ1v) is 11.9. The van der Waals surface area contributed by atoms with Gasteiger partial charge in [0.25, 0.3) is 0 Å². The van der Waals surface area contributed by atoms with Crippen molar-refractivity contribution in [2.45, 2.75) is 17.8 Å². The van der Waals surface area contributed by atoms with E-state index in [2.05, 4.69) is 25.3 Å². The Hall–Kier alpha value is -3.69. The van der Waals surface area contributed by atoms with E-state index >= 15 is 0 Å². The van der Waals surface area contributed by atoms with E-state index in [1.807, 2.05) is 60.0 Å². The van der Waals surface area contributed by atoms with E-state index in [0.717, 1.165) is 22.6 Å². The fourth-order valence-electron chi connectivity index (χ4n) is 3.30. The minimum Gasteiger partial charge on any atom is -0.494 e. The van der Waals surface area contributed by atoms with Crippen molar-refractivity contribution in [3.8, 4) is 34.2 Å². The van der Waals surface area contributed by atoms with E-state index in [9.17, 15) is 0 Å². The van der Waals surface area contributed by atoms with Gasteiger partial charge in [0.05, 0.1) is 12.4 Å². The van der Waals surface area contributed by atoms with E-state index in [1.165, 1.54) is 11.8 Å². The van der Waals surface area contributed by atoms with Crippen LogP contribution in [-0.2, 0) is 5.75 Å². The zero-order chi connectivity index (χ0) is 23.3. The van der Waals surface area contributed by atoms with Crippen LogP contribution in [0.4, 0.5) is 0 Å². The SMILES string of the molecule is CCOc1ccc(-n2c(SCc3nc(-c4ccc(Cl)cc4)no3)nnc2-c2ccncc2)cc1. The van der Waals surface area contributed by atoms with Crippen LogP contribution < -0.4 is 4.74 Å². The van der Waals surface area contributed by atoms with E-state index in [-0.39, 0.29) is 0 Å². The number of pyridine rings is 1. The summed E-state index contributed by atoms with van der Waals surface area (Å²) < 4.78 is 13.0. The zero-order valence-corrected chi connectivity index (χ0v) is 19.7. The van der Waals surface area contributed by atoms with E-state index in [1.54, 1.807) is 24.5 Å². The lowest BCUT2D eigenvalue weighted by Crippen LogP contribution is -2.00. The lowest BCUT2D eigenvalue weighted by Gasteiger charge is -2.11. The van der Waals surface area contributed by atoms with Gasteiger partial charge in [0.2, 0.25) is 11.7 Å². The smallest absolute Gasteiger partial charge is 0.237 e. The van der Waals surface area contributed by atoms with Crippen LogP contribution in [0.3, 0.4) is 0 Å². The van der Waals surface area contributed by atoms with Crippen molar-refractivity contribution in [1.82, 2.24) is 29.9 Å². The summed E-state index contributed by atoms with van der Waals surface area (Å²) in [6, 6.07) is 18.9. The van der Waals surface area contributed by atoms with E-state index < -0.39 is 0 Å². The number of aromatic nitrogens is 6. The molecule has 0 amide bonds. The minimum atomic E-state index is 0.437. The first-order valence-electron chi connectivity index (χ1n) is 10.5. The molecule has 0 spiro atoms. The first kappa shape index (κ1) is 22.1. The molecule has 170 valence electrons. The van der Waals surface area contributed by atoms with Gasteiger partial charge in [0.15, 0.2) is 11.0 Å².